The van der Waals surface area contributed by atoms with Crippen molar-refractivity contribution in [3.63, 3.8) is 0 Å². The Balaban J connectivity index is 2.27. The van der Waals surface area contributed by atoms with Gasteiger partial charge in [0.25, 0.3) is 5.56 Å². The molecule has 1 amide bonds. The molecule has 0 saturated heterocycles. The van der Waals surface area contributed by atoms with E-state index in [1.165, 1.54) is 17.4 Å². The lowest BCUT2D eigenvalue weighted by Gasteiger charge is -2.22. The lowest BCUT2D eigenvalue weighted by Crippen LogP contribution is -2.36. The van der Waals surface area contributed by atoms with Crippen LogP contribution in [0.1, 0.15) is 25.2 Å². The van der Waals surface area contributed by atoms with Gasteiger partial charge in [-0.1, -0.05) is 13.8 Å². The maximum atomic E-state index is 12.1. The number of thiazole rings is 1. The van der Waals surface area contributed by atoms with Gasteiger partial charge in [0, 0.05) is 30.2 Å². The fraction of sp³-hybridized carbons (Fsp3) is 0.500. The number of carbonyl (C=O) groups excluding carboxylic acids is 1. The summed E-state index contributed by atoms with van der Waals surface area (Å²) in [5, 5.41) is 1.91. The summed E-state index contributed by atoms with van der Waals surface area (Å²) in [4.78, 5) is 30.4. The van der Waals surface area contributed by atoms with Crippen LogP contribution in [-0.2, 0) is 11.3 Å². The Hall–Kier alpha value is -1.73. The molecule has 2 N–H and O–H groups in total. The number of nitrogens with two attached hydrogens (primary N) is 1. The van der Waals surface area contributed by atoms with E-state index >= 15 is 0 Å². The molecule has 21 heavy (non-hydrogen) atoms. The van der Waals surface area contributed by atoms with Gasteiger partial charge in [-0.15, -0.1) is 11.3 Å². The molecule has 0 saturated carbocycles. The standard InChI is InChI=1S/C14H20N4O2S/c1-9(2)5-17(7-12(15)19)6-11-4-13(20)18-10(3)8-21-14(18)16-11/h4,8-9H,5-7H2,1-3H3,(H2,15,19). The second-order valence-electron chi connectivity index (χ2n) is 5.61. The first-order valence-corrected chi connectivity index (χ1v) is 7.72. The summed E-state index contributed by atoms with van der Waals surface area (Å²) >= 11 is 1.44. The molecule has 0 unspecified atom stereocenters. The minimum absolute atomic E-state index is 0.0858. The van der Waals surface area contributed by atoms with Crippen LogP contribution in [0.2, 0.25) is 0 Å². The summed E-state index contributed by atoms with van der Waals surface area (Å²) in [7, 11) is 0. The number of aryl methyl sites for hydroxylation is 1. The van der Waals surface area contributed by atoms with E-state index in [4.69, 9.17) is 5.73 Å². The molecule has 7 heteroatoms. The summed E-state index contributed by atoms with van der Waals surface area (Å²) in [6.07, 6.45) is 0. The van der Waals surface area contributed by atoms with Gasteiger partial charge < -0.3 is 5.73 Å². The van der Waals surface area contributed by atoms with Crippen LogP contribution in [0.4, 0.5) is 0 Å². The van der Waals surface area contributed by atoms with Crippen LogP contribution in [0, 0.1) is 12.8 Å². The monoisotopic (exact) mass is 308 g/mol. The summed E-state index contributed by atoms with van der Waals surface area (Å²) < 4.78 is 1.59. The molecule has 0 aromatic carbocycles. The summed E-state index contributed by atoms with van der Waals surface area (Å²) in [6, 6.07) is 1.53. The molecule has 0 aliphatic heterocycles. The number of aromatic nitrogens is 2. The number of amides is 1. The third kappa shape index (κ3) is 3.89. The maximum Gasteiger partial charge on any atom is 0.259 e. The van der Waals surface area contributed by atoms with Crippen molar-refractivity contribution in [2.45, 2.75) is 27.3 Å². The molecule has 0 aliphatic carbocycles. The topological polar surface area (TPSA) is 80.7 Å². The van der Waals surface area contributed by atoms with E-state index in [1.54, 1.807) is 4.40 Å². The Morgan fingerprint density at radius 1 is 1.52 bits per heavy atom. The lowest BCUT2D eigenvalue weighted by molar-refractivity contribution is -0.119. The number of carbonyl (C=O) groups is 1. The zero-order valence-corrected chi connectivity index (χ0v) is 13.3. The average molecular weight is 308 g/mol. The maximum absolute atomic E-state index is 12.1. The first-order chi connectivity index (χ1) is 9.86. The van der Waals surface area contributed by atoms with Gasteiger partial charge in [-0.3, -0.25) is 18.9 Å². The van der Waals surface area contributed by atoms with E-state index < -0.39 is 0 Å². The minimum atomic E-state index is -0.375. The highest BCUT2D eigenvalue weighted by atomic mass is 32.1. The van der Waals surface area contributed by atoms with E-state index in [9.17, 15) is 9.59 Å². The molecule has 114 valence electrons. The second-order valence-corrected chi connectivity index (χ2v) is 6.45. The molecule has 0 radical (unpaired) electrons. The molecule has 2 aromatic rings. The van der Waals surface area contributed by atoms with E-state index in [0.717, 1.165) is 12.2 Å². The van der Waals surface area contributed by atoms with Gasteiger partial charge >= 0.3 is 0 Å². The van der Waals surface area contributed by atoms with Crippen molar-refractivity contribution in [2.24, 2.45) is 11.7 Å². The average Bonchev–Trinajstić information content (AvgIpc) is 2.69. The van der Waals surface area contributed by atoms with Crippen molar-refractivity contribution in [1.29, 1.82) is 0 Å². The number of primary amides is 1. The quantitative estimate of drug-likeness (QED) is 0.863. The van der Waals surface area contributed by atoms with Crippen LogP contribution in [0.3, 0.4) is 0 Å². The molecule has 0 aliphatic rings. The molecular weight excluding hydrogens is 288 g/mol. The minimum Gasteiger partial charge on any atom is -0.369 e. The van der Waals surface area contributed by atoms with Crippen LogP contribution >= 0.6 is 11.3 Å². The Bertz CT molecular complexity index is 705. The zero-order chi connectivity index (χ0) is 15.6. The fourth-order valence-corrected chi connectivity index (χ4v) is 3.22. The van der Waals surface area contributed by atoms with Crippen LogP contribution in [0.5, 0.6) is 0 Å². The van der Waals surface area contributed by atoms with Crippen molar-refractivity contribution in [2.75, 3.05) is 13.1 Å². The molecule has 2 heterocycles. The summed E-state index contributed by atoms with van der Waals surface area (Å²) in [5.74, 6) is 0.0265. The predicted molar refractivity (Wildman–Crippen MR) is 83.4 cm³/mol. The third-order valence-electron chi connectivity index (χ3n) is 3.02. The number of rotatable bonds is 6. The van der Waals surface area contributed by atoms with Crippen molar-refractivity contribution < 1.29 is 4.79 Å². The highest BCUT2D eigenvalue weighted by Crippen LogP contribution is 2.12. The Kier molecular flexibility index (Phi) is 4.74. The Labute approximate surface area is 127 Å². The smallest absolute Gasteiger partial charge is 0.259 e. The Morgan fingerprint density at radius 2 is 2.24 bits per heavy atom. The van der Waals surface area contributed by atoms with Gasteiger partial charge in [-0.25, -0.2) is 4.98 Å². The molecule has 2 rings (SSSR count). The van der Waals surface area contributed by atoms with Crippen molar-refractivity contribution in [3.8, 4) is 0 Å². The van der Waals surface area contributed by atoms with E-state index in [-0.39, 0.29) is 18.0 Å². The molecule has 0 atom stereocenters. The first kappa shape index (κ1) is 15.7. The fourth-order valence-electron chi connectivity index (χ4n) is 2.33. The van der Waals surface area contributed by atoms with E-state index in [1.807, 2.05) is 17.2 Å². The molecule has 0 fully saturated rings. The number of fused-ring (bicyclic) bond motifs is 1. The summed E-state index contributed by atoms with van der Waals surface area (Å²) in [6.45, 7) is 7.37. The largest absolute Gasteiger partial charge is 0.369 e. The number of hydrogen-bond acceptors (Lipinski definition) is 5. The zero-order valence-electron chi connectivity index (χ0n) is 12.5. The van der Waals surface area contributed by atoms with Gasteiger partial charge in [-0.2, -0.15) is 0 Å². The van der Waals surface area contributed by atoms with Crippen LogP contribution in [-0.4, -0.2) is 33.3 Å². The number of hydrogen-bond donors (Lipinski definition) is 1. The van der Waals surface area contributed by atoms with Gasteiger partial charge in [0.15, 0.2) is 4.96 Å². The van der Waals surface area contributed by atoms with Gasteiger partial charge in [0.1, 0.15) is 0 Å². The lowest BCUT2D eigenvalue weighted by atomic mass is 10.2. The molecular formula is C14H20N4O2S. The predicted octanol–water partition coefficient (Wildman–Crippen LogP) is 1.01. The normalized spacial score (nSPS) is 11.7. The highest BCUT2D eigenvalue weighted by Gasteiger charge is 2.14. The molecule has 6 nitrogen and oxygen atoms in total. The Morgan fingerprint density at radius 3 is 2.86 bits per heavy atom. The van der Waals surface area contributed by atoms with Crippen molar-refractivity contribution >= 4 is 22.2 Å². The van der Waals surface area contributed by atoms with Crippen LogP contribution in [0.25, 0.3) is 4.96 Å². The van der Waals surface area contributed by atoms with Crippen LogP contribution < -0.4 is 11.3 Å². The first-order valence-electron chi connectivity index (χ1n) is 6.84. The third-order valence-corrected chi connectivity index (χ3v) is 3.96. The van der Waals surface area contributed by atoms with E-state index in [2.05, 4.69) is 18.8 Å². The SMILES string of the molecule is Cc1csc2nc(CN(CC(N)=O)CC(C)C)cc(=O)n12. The molecule has 2 aromatic heterocycles. The molecule has 0 bridgehead atoms. The van der Waals surface area contributed by atoms with Crippen LogP contribution in [0.15, 0.2) is 16.2 Å². The highest BCUT2D eigenvalue weighted by molar-refractivity contribution is 7.15. The summed E-state index contributed by atoms with van der Waals surface area (Å²) in [5.41, 5.74) is 6.75. The van der Waals surface area contributed by atoms with Crippen molar-refractivity contribution in [3.05, 3.63) is 33.2 Å². The second kappa shape index (κ2) is 6.36. The molecule has 0 spiro atoms. The van der Waals surface area contributed by atoms with Gasteiger partial charge in [0.2, 0.25) is 5.91 Å². The van der Waals surface area contributed by atoms with E-state index in [0.29, 0.717) is 23.1 Å². The van der Waals surface area contributed by atoms with Gasteiger partial charge in [-0.05, 0) is 12.8 Å². The van der Waals surface area contributed by atoms with Crippen molar-refractivity contribution in [1.82, 2.24) is 14.3 Å². The number of nitrogens with zero attached hydrogens (tertiary/aromatic N) is 3. The van der Waals surface area contributed by atoms with Gasteiger partial charge in [0.05, 0.1) is 12.2 Å².